The lowest BCUT2D eigenvalue weighted by molar-refractivity contribution is 0.0947. The predicted molar refractivity (Wildman–Crippen MR) is 66.3 cm³/mol. The minimum atomic E-state index is -0.521. The van der Waals surface area contributed by atoms with E-state index in [9.17, 15) is 9.18 Å². The number of methoxy groups -OCH3 is 1. The molecule has 0 saturated carbocycles. The van der Waals surface area contributed by atoms with Gasteiger partial charge in [-0.3, -0.25) is 4.79 Å². The number of halogens is 1. The maximum Gasteiger partial charge on any atom is 0.251 e. The second kappa shape index (κ2) is 5.82. The number of benzene rings is 1. The van der Waals surface area contributed by atoms with Crippen molar-refractivity contribution in [2.75, 3.05) is 26.7 Å². The molecule has 98 valence electrons. The monoisotopic (exact) mass is 252 g/mol. The second-order valence-corrected chi connectivity index (χ2v) is 4.42. The summed E-state index contributed by atoms with van der Waals surface area (Å²) in [6.07, 6.45) is 1.07. The first-order valence-electron chi connectivity index (χ1n) is 6.03. The van der Waals surface area contributed by atoms with Crippen LogP contribution in [-0.4, -0.2) is 32.7 Å². The van der Waals surface area contributed by atoms with Crippen LogP contribution in [0.1, 0.15) is 16.8 Å². The Labute approximate surface area is 106 Å². The van der Waals surface area contributed by atoms with Crippen LogP contribution in [0, 0.1) is 11.7 Å². The van der Waals surface area contributed by atoms with Gasteiger partial charge in [0.25, 0.3) is 5.91 Å². The number of ether oxygens (including phenoxy) is 1. The zero-order valence-corrected chi connectivity index (χ0v) is 10.3. The molecule has 1 unspecified atom stereocenters. The number of carbonyl (C=O) groups is 1. The van der Waals surface area contributed by atoms with E-state index in [1.807, 2.05) is 0 Å². The van der Waals surface area contributed by atoms with Crippen molar-refractivity contribution in [1.29, 1.82) is 0 Å². The van der Waals surface area contributed by atoms with Gasteiger partial charge in [-0.25, -0.2) is 4.39 Å². The Morgan fingerprint density at radius 1 is 1.61 bits per heavy atom. The van der Waals surface area contributed by atoms with E-state index in [-0.39, 0.29) is 11.7 Å². The molecule has 1 aliphatic rings. The number of rotatable bonds is 4. The standard InChI is InChI=1S/C13H17FN2O2/c1-18-12-3-2-10(6-11(12)14)13(17)16-8-9-4-5-15-7-9/h2-3,6,9,15H,4-5,7-8H2,1H3,(H,16,17). The Morgan fingerprint density at radius 3 is 3.06 bits per heavy atom. The molecule has 4 nitrogen and oxygen atoms in total. The molecule has 0 radical (unpaired) electrons. The molecule has 1 heterocycles. The Morgan fingerprint density at radius 2 is 2.44 bits per heavy atom. The van der Waals surface area contributed by atoms with E-state index in [2.05, 4.69) is 10.6 Å². The van der Waals surface area contributed by atoms with E-state index in [1.165, 1.54) is 19.2 Å². The van der Waals surface area contributed by atoms with Gasteiger partial charge >= 0.3 is 0 Å². The number of nitrogens with one attached hydrogen (secondary N) is 2. The van der Waals surface area contributed by atoms with Crippen molar-refractivity contribution >= 4 is 5.91 Å². The minimum absolute atomic E-state index is 0.145. The molecule has 2 N–H and O–H groups in total. The molecule has 0 aromatic heterocycles. The van der Waals surface area contributed by atoms with Crippen LogP contribution in [-0.2, 0) is 0 Å². The Balaban J connectivity index is 1.93. The van der Waals surface area contributed by atoms with E-state index < -0.39 is 5.82 Å². The van der Waals surface area contributed by atoms with Crippen LogP contribution in [0.25, 0.3) is 0 Å². The summed E-state index contributed by atoms with van der Waals surface area (Å²) in [5.41, 5.74) is 0.319. The van der Waals surface area contributed by atoms with Crippen molar-refractivity contribution in [3.8, 4) is 5.75 Å². The van der Waals surface area contributed by atoms with Gasteiger partial charge in [0.2, 0.25) is 0 Å². The van der Waals surface area contributed by atoms with Crippen LogP contribution in [0.5, 0.6) is 5.75 Å². The topological polar surface area (TPSA) is 50.4 Å². The Hall–Kier alpha value is -1.62. The smallest absolute Gasteiger partial charge is 0.251 e. The van der Waals surface area contributed by atoms with Gasteiger partial charge in [-0.2, -0.15) is 0 Å². The van der Waals surface area contributed by atoms with Crippen LogP contribution in [0.15, 0.2) is 18.2 Å². The van der Waals surface area contributed by atoms with Gasteiger partial charge in [0.15, 0.2) is 11.6 Å². The van der Waals surface area contributed by atoms with Crippen LogP contribution >= 0.6 is 0 Å². The van der Waals surface area contributed by atoms with Gasteiger partial charge < -0.3 is 15.4 Å². The molecule has 0 spiro atoms. The molecule has 1 atom stereocenters. The normalized spacial score (nSPS) is 18.7. The first-order valence-corrected chi connectivity index (χ1v) is 6.03. The fourth-order valence-electron chi connectivity index (χ4n) is 2.04. The third-order valence-corrected chi connectivity index (χ3v) is 3.13. The third-order valence-electron chi connectivity index (χ3n) is 3.13. The van der Waals surface area contributed by atoms with Crippen molar-refractivity contribution in [3.05, 3.63) is 29.6 Å². The Bertz CT molecular complexity index is 431. The highest BCUT2D eigenvalue weighted by Gasteiger charge is 2.16. The summed E-state index contributed by atoms with van der Waals surface area (Å²) in [6, 6.07) is 4.21. The first-order chi connectivity index (χ1) is 8.70. The van der Waals surface area contributed by atoms with Crippen LogP contribution in [0.2, 0.25) is 0 Å². The number of carbonyl (C=O) groups excluding carboxylic acids is 1. The SMILES string of the molecule is COc1ccc(C(=O)NCC2CCNC2)cc1F. The lowest BCUT2D eigenvalue weighted by Crippen LogP contribution is -2.30. The van der Waals surface area contributed by atoms with Crippen LogP contribution in [0.3, 0.4) is 0 Å². The summed E-state index contributed by atoms with van der Waals surface area (Å²) >= 11 is 0. The fourth-order valence-corrected chi connectivity index (χ4v) is 2.04. The lowest BCUT2D eigenvalue weighted by Gasteiger charge is -2.10. The zero-order chi connectivity index (χ0) is 13.0. The summed E-state index contributed by atoms with van der Waals surface area (Å²) in [6.45, 7) is 2.55. The maximum absolute atomic E-state index is 13.4. The lowest BCUT2D eigenvalue weighted by atomic mass is 10.1. The van der Waals surface area contributed by atoms with Gasteiger partial charge in [-0.15, -0.1) is 0 Å². The summed E-state index contributed by atoms with van der Waals surface area (Å²) in [4.78, 5) is 11.8. The van der Waals surface area contributed by atoms with Gasteiger partial charge in [-0.05, 0) is 43.6 Å². The maximum atomic E-state index is 13.4. The van der Waals surface area contributed by atoms with Crippen molar-refractivity contribution < 1.29 is 13.9 Å². The molecular weight excluding hydrogens is 235 g/mol. The Kier molecular flexibility index (Phi) is 4.15. The van der Waals surface area contributed by atoms with Crippen molar-refractivity contribution in [2.45, 2.75) is 6.42 Å². The van der Waals surface area contributed by atoms with E-state index in [1.54, 1.807) is 6.07 Å². The van der Waals surface area contributed by atoms with Gasteiger partial charge in [0, 0.05) is 12.1 Å². The van der Waals surface area contributed by atoms with Crippen molar-refractivity contribution in [1.82, 2.24) is 10.6 Å². The number of amides is 1. The zero-order valence-electron chi connectivity index (χ0n) is 10.3. The van der Waals surface area contributed by atoms with Crippen molar-refractivity contribution in [2.24, 2.45) is 5.92 Å². The van der Waals surface area contributed by atoms with Crippen LogP contribution in [0.4, 0.5) is 4.39 Å². The molecule has 1 aliphatic heterocycles. The average Bonchev–Trinajstić information content (AvgIpc) is 2.89. The minimum Gasteiger partial charge on any atom is -0.494 e. The molecule has 2 rings (SSSR count). The molecule has 5 heteroatoms. The van der Waals surface area contributed by atoms with Crippen molar-refractivity contribution in [3.63, 3.8) is 0 Å². The molecule has 1 saturated heterocycles. The summed E-state index contributed by atoms with van der Waals surface area (Å²) in [7, 11) is 1.39. The van der Waals surface area contributed by atoms with Gasteiger partial charge in [0.1, 0.15) is 0 Å². The molecule has 18 heavy (non-hydrogen) atoms. The quantitative estimate of drug-likeness (QED) is 0.846. The molecule has 1 amide bonds. The molecule has 1 aromatic rings. The number of hydrogen-bond acceptors (Lipinski definition) is 3. The molecule has 1 fully saturated rings. The average molecular weight is 252 g/mol. The van der Waals surface area contributed by atoms with E-state index in [0.29, 0.717) is 18.0 Å². The van der Waals surface area contributed by atoms with E-state index >= 15 is 0 Å². The summed E-state index contributed by atoms with van der Waals surface area (Å²) in [5, 5.41) is 6.05. The largest absolute Gasteiger partial charge is 0.494 e. The molecule has 1 aromatic carbocycles. The first kappa shape index (κ1) is 12.8. The second-order valence-electron chi connectivity index (χ2n) is 4.42. The number of hydrogen-bond donors (Lipinski definition) is 2. The highest BCUT2D eigenvalue weighted by Crippen LogP contribution is 2.17. The summed E-state index contributed by atoms with van der Waals surface area (Å²) < 4.78 is 18.2. The van der Waals surface area contributed by atoms with E-state index in [4.69, 9.17) is 4.74 Å². The highest BCUT2D eigenvalue weighted by atomic mass is 19.1. The molecular formula is C13H17FN2O2. The van der Waals surface area contributed by atoms with Gasteiger partial charge in [0.05, 0.1) is 7.11 Å². The molecule has 0 bridgehead atoms. The fraction of sp³-hybridized carbons (Fsp3) is 0.462. The van der Waals surface area contributed by atoms with Gasteiger partial charge in [-0.1, -0.05) is 0 Å². The van der Waals surface area contributed by atoms with E-state index in [0.717, 1.165) is 19.5 Å². The van der Waals surface area contributed by atoms with Crippen LogP contribution < -0.4 is 15.4 Å². The third kappa shape index (κ3) is 2.98. The predicted octanol–water partition coefficient (Wildman–Crippen LogP) is 1.17. The summed E-state index contributed by atoms with van der Waals surface area (Å²) in [5.74, 6) is -0.153. The highest BCUT2D eigenvalue weighted by molar-refractivity contribution is 5.94. The molecule has 0 aliphatic carbocycles.